The van der Waals surface area contributed by atoms with Gasteiger partial charge in [0, 0.05) is 15.7 Å². The molecule has 0 spiro atoms. The fraction of sp³-hybridized carbons (Fsp3) is 0.100. The Hall–Kier alpha value is -2.66. The summed E-state index contributed by atoms with van der Waals surface area (Å²) in [6, 6.07) is 17.1. The molecular formula is C20H18BrN3O. The zero-order chi connectivity index (χ0) is 17.8. The summed E-state index contributed by atoms with van der Waals surface area (Å²) in [5.41, 5.74) is 4.70. The number of hydrogen-bond donors (Lipinski definition) is 2. The molecule has 5 heteroatoms. The number of anilines is 3. The van der Waals surface area contributed by atoms with E-state index in [9.17, 15) is 4.79 Å². The van der Waals surface area contributed by atoms with Crippen molar-refractivity contribution in [2.24, 2.45) is 0 Å². The zero-order valence-electron chi connectivity index (χ0n) is 14.0. The van der Waals surface area contributed by atoms with Gasteiger partial charge in [-0.05, 0) is 67.4 Å². The summed E-state index contributed by atoms with van der Waals surface area (Å²) in [7, 11) is 0. The van der Waals surface area contributed by atoms with Gasteiger partial charge >= 0.3 is 0 Å². The second-order valence-electron chi connectivity index (χ2n) is 5.82. The summed E-state index contributed by atoms with van der Waals surface area (Å²) >= 11 is 3.37. The molecule has 0 saturated carbocycles. The Balaban J connectivity index is 1.67. The Morgan fingerprint density at radius 3 is 2.44 bits per heavy atom. The Morgan fingerprint density at radius 1 is 0.960 bits per heavy atom. The molecule has 2 aromatic carbocycles. The van der Waals surface area contributed by atoms with Gasteiger partial charge in [-0.3, -0.25) is 4.79 Å². The van der Waals surface area contributed by atoms with Crippen molar-refractivity contribution in [1.29, 1.82) is 0 Å². The molecule has 0 radical (unpaired) electrons. The quantitative estimate of drug-likeness (QED) is 0.616. The number of aromatic nitrogens is 1. The molecule has 25 heavy (non-hydrogen) atoms. The zero-order valence-corrected chi connectivity index (χ0v) is 15.6. The van der Waals surface area contributed by atoms with E-state index in [1.807, 2.05) is 30.3 Å². The van der Waals surface area contributed by atoms with E-state index in [-0.39, 0.29) is 5.91 Å². The predicted octanol–water partition coefficient (Wildman–Crippen LogP) is 5.46. The minimum absolute atomic E-state index is 0.169. The van der Waals surface area contributed by atoms with Gasteiger partial charge in [-0.1, -0.05) is 28.1 Å². The standard InChI is InChI=1S/C20H18BrN3O/c1-13-6-7-17(10-14(13)2)23-19-9-8-18(12-22-19)24-20(25)15-4-3-5-16(21)11-15/h3-12H,1-2H3,(H,22,23)(H,24,25). The van der Waals surface area contributed by atoms with E-state index < -0.39 is 0 Å². The van der Waals surface area contributed by atoms with Crippen LogP contribution in [0.25, 0.3) is 0 Å². The van der Waals surface area contributed by atoms with Gasteiger partial charge in [0.1, 0.15) is 5.82 Å². The van der Waals surface area contributed by atoms with Gasteiger partial charge in [-0.2, -0.15) is 0 Å². The average molecular weight is 396 g/mol. The molecule has 0 aliphatic carbocycles. The molecule has 0 aliphatic rings. The van der Waals surface area contributed by atoms with Crippen molar-refractivity contribution in [3.8, 4) is 0 Å². The Morgan fingerprint density at radius 2 is 1.76 bits per heavy atom. The highest BCUT2D eigenvalue weighted by atomic mass is 79.9. The first-order valence-corrected chi connectivity index (χ1v) is 8.68. The summed E-state index contributed by atoms with van der Waals surface area (Å²) in [4.78, 5) is 16.6. The number of amides is 1. The number of carbonyl (C=O) groups excluding carboxylic acids is 1. The van der Waals surface area contributed by atoms with Crippen molar-refractivity contribution in [3.63, 3.8) is 0 Å². The highest BCUT2D eigenvalue weighted by Crippen LogP contribution is 2.20. The third-order valence-corrected chi connectivity index (χ3v) is 4.38. The van der Waals surface area contributed by atoms with Crippen LogP contribution in [0.2, 0.25) is 0 Å². The number of pyridine rings is 1. The second-order valence-corrected chi connectivity index (χ2v) is 6.74. The van der Waals surface area contributed by atoms with Crippen molar-refractivity contribution in [2.75, 3.05) is 10.6 Å². The first-order valence-electron chi connectivity index (χ1n) is 7.88. The van der Waals surface area contributed by atoms with Crippen LogP contribution in [-0.4, -0.2) is 10.9 Å². The number of carbonyl (C=O) groups is 1. The third kappa shape index (κ3) is 4.45. The van der Waals surface area contributed by atoms with Crippen LogP contribution in [0.15, 0.2) is 65.3 Å². The number of hydrogen-bond acceptors (Lipinski definition) is 3. The van der Waals surface area contributed by atoms with Crippen LogP contribution >= 0.6 is 15.9 Å². The summed E-state index contributed by atoms with van der Waals surface area (Å²) in [6.45, 7) is 4.16. The highest BCUT2D eigenvalue weighted by Gasteiger charge is 2.07. The number of nitrogens with one attached hydrogen (secondary N) is 2. The lowest BCUT2D eigenvalue weighted by atomic mass is 10.1. The lowest BCUT2D eigenvalue weighted by molar-refractivity contribution is 0.102. The molecule has 1 amide bonds. The van der Waals surface area contributed by atoms with Gasteiger partial charge in [0.05, 0.1) is 11.9 Å². The summed E-state index contributed by atoms with van der Waals surface area (Å²) < 4.78 is 0.867. The van der Waals surface area contributed by atoms with Gasteiger partial charge in [-0.25, -0.2) is 4.98 Å². The van der Waals surface area contributed by atoms with Gasteiger partial charge < -0.3 is 10.6 Å². The van der Waals surface area contributed by atoms with E-state index in [0.29, 0.717) is 11.3 Å². The van der Waals surface area contributed by atoms with E-state index in [1.165, 1.54) is 11.1 Å². The van der Waals surface area contributed by atoms with Gasteiger partial charge in [-0.15, -0.1) is 0 Å². The first-order chi connectivity index (χ1) is 12.0. The SMILES string of the molecule is Cc1ccc(Nc2ccc(NC(=O)c3cccc(Br)c3)cn2)cc1C. The van der Waals surface area contributed by atoms with Crippen molar-refractivity contribution < 1.29 is 4.79 Å². The lowest BCUT2D eigenvalue weighted by Crippen LogP contribution is -2.12. The molecule has 0 aliphatic heterocycles. The van der Waals surface area contributed by atoms with Gasteiger partial charge in [0.25, 0.3) is 5.91 Å². The fourth-order valence-corrected chi connectivity index (χ4v) is 2.74. The Bertz CT molecular complexity index is 907. The monoisotopic (exact) mass is 395 g/mol. The molecule has 0 unspecified atom stereocenters. The van der Waals surface area contributed by atoms with E-state index in [0.717, 1.165) is 16.0 Å². The van der Waals surface area contributed by atoms with Crippen LogP contribution in [0, 0.1) is 13.8 Å². The number of nitrogens with zero attached hydrogens (tertiary/aromatic N) is 1. The normalized spacial score (nSPS) is 10.4. The minimum atomic E-state index is -0.169. The summed E-state index contributed by atoms with van der Waals surface area (Å²) in [6.07, 6.45) is 1.64. The molecule has 0 saturated heterocycles. The molecule has 4 nitrogen and oxygen atoms in total. The van der Waals surface area contributed by atoms with E-state index >= 15 is 0 Å². The fourth-order valence-electron chi connectivity index (χ4n) is 2.34. The minimum Gasteiger partial charge on any atom is -0.340 e. The maximum absolute atomic E-state index is 12.2. The Kier molecular flexibility index (Phi) is 5.14. The summed E-state index contributed by atoms with van der Waals surface area (Å²) in [5.74, 6) is 0.557. The number of aryl methyl sites for hydroxylation is 2. The molecule has 0 bridgehead atoms. The highest BCUT2D eigenvalue weighted by molar-refractivity contribution is 9.10. The smallest absolute Gasteiger partial charge is 0.255 e. The van der Waals surface area contributed by atoms with Gasteiger partial charge in [0.2, 0.25) is 0 Å². The van der Waals surface area contributed by atoms with Crippen LogP contribution in [0.3, 0.4) is 0 Å². The van der Waals surface area contributed by atoms with E-state index in [1.54, 1.807) is 18.3 Å². The molecule has 3 aromatic rings. The number of halogens is 1. The van der Waals surface area contributed by atoms with Crippen LogP contribution in [0.4, 0.5) is 17.2 Å². The summed E-state index contributed by atoms with van der Waals surface area (Å²) in [5, 5.41) is 6.10. The van der Waals surface area contributed by atoms with E-state index in [2.05, 4.69) is 57.5 Å². The molecule has 3 rings (SSSR count). The lowest BCUT2D eigenvalue weighted by Gasteiger charge is -2.09. The van der Waals surface area contributed by atoms with Crippen molar-refractivity contribution in [2.45, 2.75) is 13.8 Å². The van der Waals surface area contributed by atoms with Crippen molar-refractivity contribution >= 4 is 39.0 Å². The average Bonchev–Trinajstić information content (AvgIpc) is 2.60. The van der Waals surface area contributed by atoms with Crippen LogP contribution in [0.1, 0.15) is 21.5 Å². The van der Waals surface area contributed by atoms with Crippen LogP contribution in [-0.2, 0) is 0 Å². The largest absolute Gasteiger partial charge is 0.340 e. The topological polar surface area (TPSA) is 54.0 Å². The molecule has 1 heterocycles. The molecular weight excluding hydrogens is 378 g/mol. The molecule has 0 atom stereocenters. The number of rotatable bonds is 4. The third-order valence-electron chi connectivity index (χ3n) is 3.89. The van der Waals surface area contributed by atoms with Crippen molar-refractivity contribution in [3.05, 3.63) is 82.0 Å². The van der Waals surface area contributed by atoms with Crippen molar-refractivity contribution in [1.82, 2.24) is 4.98 Å². The predicted molar refractivity (Wildman–Crippen MR) is 106 cm³/mol. The maximum atomic E-state index is 12.2. The van der Waals surface area contributed by atoms with Gasteiger partial charge in [0.15, 0.2) is 0 Å². The molecule has 126 valence electrons. The second kappa shape index (κ2) is 7.49. The molecule has 1 aromatic heterocycles. The van der Waals surface area contributed by atoms with Crippen LogP contribution in [0.5, 0.6) is 0 Å². The Labute approximate surface area is 155 Å². The first kappa shape index (κ1) is 17.2. The van der Waals surface area contributed by atoms with E-state index in [4.69, 9.17) is 0 Å². The molecule has 2 N–H and O–H groups in total. The number of benzene rings is 2. The van der Waals surface area contributed by atoms with Crippen LogP contribution < -0.4 is 10.6 Å². The maximum Gasteiger partial charge on any atom is 0.255 e. The molecule has 0 fully saturated rings.